The normalized spacial score (nSPS) is 42.5. The van der Waals surface area contributed by atoms with Crippen molar-refractivity contribution in [3.63, 3.8) is 0 Å². The van der Waals surface area contributed by atoms with Crippen molar-refractivity contribution in [1.29, 1.82) is 0 Å². The van der Waals surface area contributed by atoms with Gasteiger partial charge in [0.1, 0.15) is 22.9 Å². The van der Waals surface area contributed by atoms with Crippen molar-refractivity contribution in [2.75, 3.05) is 13.7 Å². The van der Waals surface area contributed by atoms with Crippen LogP contribution in [0, 0.1) is 11.3 Å². The van der Waals surface area contributed by atoms with E-state index in [1.807, 2.05) is 6.07 Å². The van der Waals surface area contributed by atoms with E-state index in [4.69, 9.17) is 18.6 Å². The lowest BCUT2D eigenvalue weighted by molar-refractivity contribution is -0.344. The summed E-state index contributed by atoms with van der Waals surface area (Å²) in [5.41, 5.74) is 1.56. The van der Waals surface area contributed by atoms with Gasteiger partial charge < -0.3 is 23.7 Å². The van der Waals surface area contributed by atoms with E-state index in [-0.39, 0.29) is 23.4 Å². The van der Waals surface area contributed by atoms with Crippen molar-refractivity contribution < 1.29 is 28.5 Å². The van der Waals surface area contributed by atoms with Gasteiger partial charge in [-0.05, 0) is 31.0 Å². The number of hydrogen-bond donors (Lipinski definition) is 1. The van der Waals surface area contributed by atoms with Crippen LogP contribution in [-0.4, -0.2) is 36.7 Å². The van der Waals surface area contributed by atoms with Crippen LogP contribution in [0.1, 0.15) is 30.9 Å². The van der Waals surface area contributed by atoms with Crippen molar-refractivity contribution in [2.45, 2.75) is 43.5 Å². The van der Waals surface area contributed by atoms with E-state index in [2.05, 4.69) is 6.07 Å². The summed E-state index contributed by atoms with van der Waals surface area (Å²) in [6.07, 6.45) is 3.16. The first-order valence-electron chi connectivity index (χ1n) is 9.10. The van der Waals surface area contributed by atoms with Crippen molar-refractivity contribution in [1.82, 2.24) is 0 Å². The van der Waals surface area contributed by atoms with Crippen LogP contribution in [0.5, 0.6) is 5.75 Å². The maximum atomic E-state index is 12.8. The molecule has 3 saturated heterocycles. The van der Waals surface area contributed by atoms with Gasteiger partial charge in [0, 0.05) is 29.7 Å². The fourth-order valence-electron chi connectivity index (χ4n) is 6.29. The minimum atomic E-state index is -1.44. The highest BCUT2D eigenvalue weighted by molar-refractivity contribution is 5.90. The Kier molecular flexibility index (Phi) is 2.47. The second-order valence-corrected chi connectivity index (χ2v) is 8.33. The molecule has 1 aromatic carbocycles. The highest BCUT2D eigenvalue weighted by Gasteiger charge is 2.78. The summed E-state index contributed by atoms with van der Waals surface area (Å²) in [6.45, 7) is 2.18. The number of hydrogen-bond acceptors (Lipinski definition) is 6. The quantitative estimate of drug-likeness (QED) is 0.790. The van der Waals surface area contributed by atoms with E-state index >= 15 is 0 Å². The smallest absolute Gasteiger partial charge is 0.318 e. The molecule has 2 aliphatic carbocycles. The standard InChI is InChI=1S/C20H20O6/c1-18-16-14(26-17(18)21)7-11-12(19(16)4-5-20(18,22)25-9-19)8-13(23-2)10-3-6-24-15(10)11/h3,6,8,14,16,22H,4-5,7,9H2,1-2H3/t14-,16+,18+,19+,20+/m1/s1. The molecule has 2 bridgehead atoms. The summed E-state index contributed by atoms with van der Waals surface area (Å²) in [4.78, 5) is 12.8. The van der Waals surface area contributed by atoms with Gasteiger partial charge >= 0.3 is 5.97 Å². The Morgan fingerprint density at radius 1 is 1.35 bits per heavy atom. The first-order valence-corrected chi connectivity index (χ1v) is 9.10. The monoisotopic (exact) mass is 356 g/mol. The minimum Gasteiger partial charge on any atom is -0.496 e. The summed E-state index contributed by atoms with van der Waals surface area (Å²) in [5.74, 6) is -1.14. The number of carbonyl (C=O) groups is 1. The molecule has 4 fully saturated rings. The number of rotatable bonds is 1. The zero-order valence-electron chi connectivity index (χ0n) is 14.7. The lowest BCUT2D eigenvalue weighted by atomic mass is 9.46. The molecule has 7 rings (SSSR count). The number of fused-ring (bicyclic) bond motifs is 5. The zero-order chi connectivity index (χ0) is 17.9. The summed E-state index contributed by atoms with van der Waals surface area (Å²) < 4.78 is 23.2. The lowest BCUT2D eigenvalue weighted by Gasteiger charge is -2.62. The molecule has 2 aromatic rings. The molecule has 1 N–H and O–H groups in total. The molecule has 26 heavy (non-hydrogen) atoms. The fourth-order valence-corrected chi connectivity index (χ4v) is 6.29. The van der Waals surface area contributed by atoms with E-state index in [0.717, 1.165) is 34.3 Å². The number of benzene rings is 1. The molecule has 1 spiro atoms. The van der Waals surface area contributed by atoms with Crippen LogP contribution in [0.2, 0.25) is 0 Å². The van der Waals surface area contributed by atoms with Gasteiger partial charge in [-0.3, -0.25) is 4.79 Å². The van der Waals surface area contributed by atoms with Crippen LogP contribution < -0.4 is 4.74 Å². The highest BCUT2D eigenvalue weighted by atomic mass is 16.6. The molecule has 6 heteroatoms. The molecular weight excluding hydrogens is 336 g/mol. The number of methoxy groups -OCH3 is 1. The van der Waals surface area contributed by atoms with Gasteiger partial charge in [0.25, 0.3) is 0 Å². The Morgan fingerprint density at radius 2 is 2.19 bits per heavy atom. The molecular formula is C20H20O6. The Hall–Kier alpha value is -2.05. The number of esters is 1. The first kappa shape index (κ1) is 15.1. The van der Waals surface area contributed by atoms with Crippen LogP contribution in [0.15, 0.2) is 22.8 Å². The van der Waals surface area contributed by atoms with Gasteiger partial charge in [-0.25, -0.2) is 0 Å². The summed E-state index contributed by atoms with van der Waals surface area (Å²) >= 11 is 0. The Bertz CT molecular complexity index is 966. The number of carbonyl (C=O) groups excluding carboxylic acids is 1. The van der Waals surface area contributed by atoms with E-state index in [1.165, 1.54) is 0 Å². The Labute approximate surface area is 150 Å². The molecule has 136 valence electrons. The van der Waals surface area contributed by atoms with Crippen LogP contribution in [0.25, 0.3) is 11.0 Å². The topological polar surface area (TPSA) is 78.1 Å². The predicted molar refractivity (Wildman–Crippen MR) is 89.8 cm³/mol. The van der Waals surface area contributed by atoms with E-state index in [0.29, 0.717) is 19.4 Å². The van der Waals surface area contributed by atoms with Crippen LogP contribution in [0.3, 0.4) is 0 Å². The van der Waals surface area contributed by atoms with E-state index < -0.39 is 11.2 Å². The summed E-state index contributed by atoms with van der Waals surface area (Å²) in [6, 6.07) is 3.98. The van der Waals surface area contributed by atoms with Gasteiger partial charge in [-0.2, -0.15) is 0 Å². The fraction of sp³-hybridized carbons (Fsp3) is 0.550. The SMILES string of the molecule is COc1cc2c(c3occc13)C[C@H]1OC(=O)[C@]3(C)[C@H]1[C@]21CC[C@]3(O)OC1. The average Bonchev–Trinajstić information content (AvgIpc) is 3.22. The third-order valence-electron chi connectivity index (χ3n) is 7.53. The molecule has 6 nitrogen and oxygen atoms in total. The highest BCUT2D eigenvalue weighted by Crippen LogP contribution is 2.68. The zero-order valence-corrected chi connectivity index (χ0v) is 14.7. The van der Waals surface area contributed by atoms with E-state index in [1.54, 1.807) is 20.3 Å². The van der Waals surface area contributed by atoms with Gasteiger partial charge in [-0.1, -0.05) is 0 Å². The molecule has 0 radical (unpaired) electrons. The van der Waals surface area contributed by atoms with Crippen molar-refractivity contribution in [3.05, 3.63) is 29.5 Å². The van der Waals surface area contributed by atoms with Crippen molar-refractivity contribution in [3.8, 4) is 5.75 Å². The molecule has 1 aromatic heterocycles. The maximum absolute atomic E-state index is 12.8. The maximum Gasteiger partial charge on any atom is 0.318 e. The summed E-state index contributed by atoms with van der Waals surface area (Å²) in [5, 5.41) is 12.0. The number of furan rings is 1. The molecule has 3 aliphatic heterocycles. The number of ether oxygens (including phenoxy) is 3. The van der Waals surface area contributed by atoms with Crippen LogP contribution >= 0.6 is 0 Å². The lowest BCUT2D eigenvalue weighted by Crippen LogP contribution is -2.71. The Morgan fingerprint density at radius 3 is 2.92 bits per heavy atom. The third kappa shape index (κ3) is 1.33. The molecule has 5 atom stereocenters. The molecule has 0 amide bonds. The molecule has 4 heterocycles. The molecule has 5 aliphatic rings. The number of aliphatic hydroxyl groups is 1. The van der Waals surface area contributed by atoms with Crippen molar-refractivity contribution in [2.24, 2.45) is 11.3 Å². The van der Waals surface area contributed by atoms with E-state index in [9.17, 15) is 9.90 Å². The van der Waals surface area contributed by atoms with Crippen LogP contribution in [0.4, 0.5) is 0 Å². The molecule has 1 saturated carbocycles. The summed E-state index contributed by atoms with van der Waals surface area (Å²) in [7, 11) is 1.65. The van der Waals surface area contributed by atoms with Crippen LogP contribution in [-0.2, 0) is 26.1 Å². The second kappa shape index (κ2) is 4.26. The first-order chi connectivity index (χ1) is 12.4. The predicted octanol–water partition coefficient (Wildman–Crippen LogP) is 2.30. The van der Waals surface area contributed by atoms with Crippen molar-refractivity contribution >= 4 is 16.9 Å². The third-order valence-corrected chi connectivity index (χ3v) is 7.53. The molecule has 0 unspecified atom stereocenters. The minimum absolute atomic E-state index is 0.111. The second-order valence-electron chi connectivity index (χ2n) is 8.33. The van der Waals surface area contributed by atoms with Gasteiger partial charge in [0.15, 0.2) is 5.79 Å². The van der Waals surface area contributed by atoms with Gasteiger partial charge in [-0.15, -0.1) is 0 Å². The average molecular weight is 356 g/mol. The van der Waals surface area contributed by atoms with Gasteiger partial charge in [0.05, 0.1) is 25.4 Å². The Balaban J connectivity index is 1.69. The van der Waals surface area contributed by atoms with Gasteiger partial charge in [0.2, 0.25) is 0 Å². The largest absolute Gasteiger partial charge is 0.496 e.